The average molecular weight is 409 g/mol. The van der Waals surface area contributed by atoms with Crippen molar-refractivity contribution in [3.05, 3.63) is 33.8 Å². The van der Waals surface area contributed by atoms with E-state index < -0.39 is 0 Å². The Balaban J connectivity index is 1.97. The van der Waals surface area contributed by atoms with E-state index in [1.807, 2.05) is 24.8 Å². The lowest BCUT2D eigenvalue weighted by Crippen LogP contribution is -2.45. The molecule has 2 N–H and O–H groups in total. The number of amides is 1. The minimum atomic E-state index is 0.0565. The summed E-state index contributed by atoms with van der Waals surface area (Å²) < 4.78 is 1.09. The third-order valence-electron chi connectivity index (χ3n) is 4.39. The summed E-state index contributed by atoms with van der Waals surface area (Å²) in [5.41, 5.74) is 2.44. The van der Waals surface area contributed by atoms with Crippen LogP contribution in [0.1, 0.15) is 38.3 Å². The maximum Gasteiger partial charge on any atom is 0.225 e. The summed E-state index contributed by atoms with van der Waals surface area (Å²) >= 11 is 3.49. The van der Waals surface area contributed by atoms with E-state index in [0.29, 0.717) is 6.54 Å². The van der Waals surface area contributed by atoms with Crippen molar-refractivity contribution in [3.63, 3.8) is 0 Å². The van der Waals surface area contributed by atoms with Crippen molar-refractivity contribution in [1.29, 1.82) is 0 Å². The molecule has 1 amide bonds. The predicted molar refractivity (Wildman–Crippen MR) is 107 cm³/mol. The SMILES string of the molecule is CCNC(=NCc1ccc(Br)cc1C)NC1CCN(C(=O)C(C)C)C1. The molecule has 1 aromatic rings. The molecule has 1 saturated heterocycles. The van der Waals surface area contributed by atoms with Gasteiger partial charge in [-0.1, -0.05) is 35.8 Å². The van der Waals surface area contributed by atoms with Crippen LogP contribution < -0.4 is 10.6 Å². The molecular formula is C19H29BrN4O. The van der Waals surface area contributed by atoms with Crippen LogP contribution in [0.4, 0.5) is 0 Å². The molecule has 0 aromatic heterocycles. The summed E-state index contributed by atoms with van der Waals surface area (Å²) in [5, 5.41) is 6.78. The fourth-order valence-electron chi connectivity index (χ4n) is 2.96. The standard InChI is InChI=1S/C19H29BrN4O/c1-5-21-19(22-11-15-6-7-16(20)10-14(15)4)23-17-8-9-24(12-17)18(25)13(2)3/h6-7,10,13,17H,5,8-9,11-12H2,1-4H3,(H2,21,22,23). The largest absolute Gasteiger partial charge is 0.357 e. The Morgan fingerprint density at radius 3 is 2.84 bits per heavy atom. The van der Waals surface area contributed by atoms with Gasteiger partial charge >= 0.3 is 0 Å². The minimum Gasteiger partial charge on any atom is -0.357 e. The molecule has 1 fully saturated rings. The van der Waals surface area contributed by atoms with Gasteiger partial charge in [-0.3, -0.25) is 4.79 Å². The summed E-state index contributed by atoms with van der Waals surface area (Å²) in [5.74, 6) is 1.10. The number of hydrogen-bond acceptors (Lipinski definition) is 2. The normalized spacial score (nSPS) is 17.9. The molecule has 0 aliphatic carbocycles. The highest BCUT2D eigenvalue weighted by molar-refractivity contribution is 9.10. The van der Waals surface area contributed by atoms with Gasteiger partial charge in [0.1, 0.15) is 0 Å². The summed E-state index contributed by atoms with van der Waals surface area (Å²) in [4.78, 5) is 18.8. The van der Waals surface area contributed by atoms with Crippen molar-refractivity contribution in [2.75, 3.05) is 19.6 Å². The van der Waals surface area contributed by atoms with Crippen LogP contribution in [0.2, 0.25) is 0 Å². The Morgan fingerprint density at radius 2 is 2.20 bits per heavy atom. The van der Waals surface area contributed by atoms with Crippen LogP contribution in [0, 0.1) is 12.8 Å². The fraction of sp³-hybridized carbons (Fsp3) is 0.579. The molecular weight excluding hydrogens is 380 g/mol. The predicted octanol–water partition coefficient (Wildman–Crippen LogP) is 3.07. The van der Waals surface area contributed by atoms with Crippen LogP contribution in [-0.2, 0) is 11.3 Å². The smallest absolute Gasteiger partial charge is 0.225 e. The van der Waals surface area contributed by atoms with Gasteiger partial charge in [0.25, 0.3) is 0 Å². The summed E-state index contributed by atoms with van der Waals surface area (Å²) in [6.07, 6.45) is 0.959. The molecule has 1 aromatic carbocycles. The zero-order chi connectivity index (χ0) is 18.4. The van der Waals surface area contributed by atoms with Crippen LogP contribution in [0.25, 0.3) is 0 Å². The molecule has 5 nitrogen and oxygen atoms in total. The Bertz CT molecular complexity index is 630. The second kappa shape index (κ2) is 9.22. The Morgan fingerprint density at radius 1 is 1.44 bits per heavy atom. The molecule has 0 bridgehead atoms. The monoisotopic (exact) mass is 408 g/mol. The molecule has 1 atom stereocenters. The Labute approximate surface area is 159 Å². The number of likely N-dealkylation sites (tertiary alicyclic amines) is 1. The number of aryl methyl sites for hydroxylation is 1. The van der Waals surface area contributed by atoms with Gasteiger partial charge in [0, 0.05) is 36.1 Å². The van der Waals surface area contributed by atoms with E-state index in [-0.39, 0.29) is 17.9 Å². The molecule has 2 rings (SSSR count). The first-order valence-electron chi connectivity index (χ1n) is 8.99. The van der Waals surface area contributed by atoms with E-state index in [4.69, 9.17) is 4.99 Å². The number of nitrogens with zero attached hydrogens (tertiary/aromatic N) is 2. The average Bonchev–Trinajstić information content (AvgIpc) is 3.01. The molecule has 1 aliphatic heterocycles. The van der Waals surface area contributed by atoms with Crippen molar-refractivity contribution in [1.82, 2.24) is 15.5 Å². The molecule has 25 heavy (non-hydrogen) atoms. The van der Waals surface area contributed by atoms with E-state index in [1.54, 1.807) is 0 Å². The summed E-state index contributed by atoms with van der Waals surface area (Å²) in [6.45, 7) is 11.1. The van der Waals surface area contributed by atoms with Gasteiger partial charge in [-0.15, -0.1) is 0 Å². The number of benzene rings is 1. The molecule has 0 saturated carbocycles. The van der Waals surface area contributed by atoms with Gasteiger partial charge in [-0.2, -0.15) is 0 Å². The van der Waals surface area contributed by atoms with Crippen molar-refractivity contribution < 1.29 is 4.79 Å². The van der Waals surface area contributed by atoms with Gasteiger partial charge in [0.2, 0.25) is 5.91 Å². The molecule has 1 unspecified atom stereocenters. The van der Waals surface area contributed by atoms with Gasteiger partial charge in [-0.05, 0) is 43.5 Å². The third kappa shape index (κ3) is 5.73. The van der Waals surface area contributed by atoms with Crippen molar-refractivity contribution in [3.8, 4) is 0 Å². The summed E-state index contributed by atoms with van der Waals surface area (Å²) in [6, 6.07) is 6.51. The first-order valence-corrected chi connectivity index (χ1v) is 9.78. The first kappa shape index (κ1) is 19.8. The lowest BCUT2D eigenvalue weighted by molar-refractivity contribution is -0.133. The van der Waals surface area contributed by atoms with E-state index >= 15 is 0 Å². The molecule has 6 heteroatoms. The third-order valence-corrected chi connectivity index (χ3v) is 4.88. The quantitative estimate of drug-likeness (QED) is 0.581. The Kier molecular flexibility index (Phi) is 7.29. The molecule has 1 aliphatic rings. The zero-order valence-electron chi connectivity index (χ0n) is 15.6. The number of carbonyl (C=O) groups excluding carboxylic acids is 1. The number of aliphatic imine (C=N–C) groups is 1. The Hall–Kier alpha value is -1.56. The lowest BCUT2D eigenvalue weighted by atomic mass is 10.1. The van der Waals surface area contributed by atoms with Crippen molar-refractivity contribution in [2.45, 2.75) is 46.7 Å². The minimum absolute atomic E-state index is 0.0565. The number of carbonyl (C=O) groups is 1. The molecule has 0 spiro atoms. The van der Waals surface area contributed by atoms with Crippen LogP contribution in [-0.4, -0.2) is 42.4 Å². The van der Waals surface area contributed by atoms with Crippen LogP contribution in [0.5, 0.6) is 0 Å². The van der Waals surface area contributed by atoms with Crippen LogP contribution in [0.15, 0.2) is 27.7 Å². The van der Waals surface area contributed by atoms with Gasteiger partial charge in [0.05, 0.1) is 6.54 Å². The number of halogens is 1. The molecule has 0 radical (unpaired) electrons. The number of nitrogens with one attached hydrogen (secondary N) is 2. The number of rotatable bonds is 5. The summed E-state index contributed by atoms with van der Waals surface area (Å²) in [7, 11) is 0. The van der Waals surface area contributed by atoms with E-state index in [0.717, 1.165) is 36.5 Å². The van der Waals surface area contributed by atoms with Gasteiger partial charge in [-0.25, -0.2) is 4.99 Å². The topological polar surface area (TPSA) is 56.7 Å². The number of hydrogen-bond donors (Lipinski definition) is 2. The van der Waals surface area contributed by atoms with Gasteiger partial charge < -0.3 is 15.5 Å². The highest BCUT2D eigenvalue weighted by Gasteiger charge is 2.27. The highest BCUT2D eigenvalue weighted by Crippen LogP contribution is 2.17. The second-order valence-corrected chi connectivity index (χ2v) is 7.75. The lowest BCUT2D eigenvalue weighted by Gasteiger charge is -2.20. The maximum atomic E-state index is 12.1. The van der Waals surface area contributed by atoms with Crippen molar-refractivity contribution >= 4 is 27.8 Å². The van der Waals surface area contributed by atoms with E-state index in [2.05, 4.69) is 52.5 Å². The second-order valence-electron chi connectivity index (χ2n) is 6.83. The van der Waals surface area contributed by atoms with Crippen LogP contribution >= 0.6 is 15.9 Å². The van der Waals surface area contributed by atoms with E-state index in [1.165, 1.54) is 11.1 Å². The maximum absolute atomic E-state index is 12.1. The molecule has 138 valence electrons. The zero-order valence-corrected chi connectivity index (χ0v) is 17.2. The van der Waals surface area contributed by atoms with Gasteiger partial charge in [0.15, 0.2) is 5.96 Å². The van der Waals surface area contributed by atoms with Crippen molar-refractivity contribution in [2.24, 2.45) is 10.9 Å². The number of guanidine groups is 1. The van der Waals surface area contributed by atoms with E-state index in [9.17, 15) is 4.79 Å². The first-order chi connectivity index (χ1) is 11.9. The fourth-order valence-corrected chi connectivity index (χ4v) is 3.43. The van der Waals surface area contributed by atoms with Crippen LogP contribution in [0.3, 0.4) is 0 Å². The highest BCUT2D eigenvalue weighted by atomic mass is 79.9. The molecule has 1 heterocycles.